The molecule has 2 aromatic carbocycles. The van der Waals surface area contributed by atoms with Crippen LogP contribution in [-0.4, -0.2) is 25.9 Å². The van der Waals surface area contributed by atoms with Gasteiger partial charge < -0.3 is 24.3 Å². The lowest BCUT2D eigenvalue weighted by Gasteiger charge is -2.25. The van der Waals surface area contributed by atoms with Gasteiger partial charge >= 0.3 is 0 Å². The maximum absolute atomic E-state index is 12.9. The van der Waals surface area contributed by atoms with E-state index < -0.39 is 0 Å². The molecule has 27 heavy (non-hydrogen) atoms. The third-order valence-corrected chi connectivity index (χ3v) is 4.85. The molecular formula is C20H20ClNO5. The van der Waals surface area contributed by atoms with Gasteiger partial charge in [-0.3, -0.25) is 4.79 Å². The summed E-state index contributed by atoms with van der Waals surface area (Å²) in [4.78, 5) is 12.9. The number of halogens is 1. The molecule has 2 aliphatic heterocycles. The topological polar surface area (TPSA) is 66.0 Å². The predicted octanol–water partition coefficient (Wildman–Crippen LogP) is 3.97. The van der Waals surface area contributed by atoms with Crippen LogP contribution in [0.5, 0.6) is 23.0 Å². The van der Waals surface area contributed by atoms with Crippen molar-refractivity contribution in [3.8, 4) is 23.0 Å². The third kappa shape index (κ3) is 3.49. The van der Waals surface area contributed by atoms with Gasteiger partial charge in [-0.15, -0.1) is 0 Å². The van der Waals surface area contributed by atoms with Gasteiger partial charge in [-0.2, -0.15) is 0 Å². The molecule has 0 spiro atoms. The van der Waals surface area contributed by atoms with Crippen LogP contribution >= 0.6 is 11.6 Å². The van der Waals surface area contributed by atoms with Crippen molar-refractivity contribution in [1.29, 1.82) is 0 Å². The summed E-state index contributed by atoms with van der Waals surface area (Å²) in [6.45, 7) is 5.26. The number of rotatable bonds is 4. The molecule has 142 valence electrons. The van der Waals surface area contributed by atoms with Gasteiger partial charge in [0, 0.05) is 5.56 Å². The zero-order valence-corrected chi connectivity index (χ0v) is 15.8. The van der Waals surface area contributed by atoms with E-state index in [1.807, 2.05) is 32.0 Å². The molecule has 0 aromatic heterocycles. The van der Waals surface area contributed by atoms with Crippen LogP contribution in [-0.2, 0) is 0 Å². The lowest BCUT2D eigenvalue weighted by Crippen LogP contribution is -2.32. The van der Waals surface area contributed by atoms with Crippen LogP contribution in [0.4, 0.5) is 0 Å². The SMILES string of the molecule is CC(C)[C@@H](NC(=O)c1cc(Cl)c2c(c1)OCO2)c1ccc2c(c1)OCCO2. The molecule has 0 radical (unpaired) electrons. The number of carbonyl (C=O) groups excluding carboxylic acids is 1. The van der Waals surface area contributed by atoms with Crippen molar-refractivity contribution in [2.45, 2.75) is 19.9 Å². The van der Waals surface area contributed by atoms with Crippen LogP contribution in [0.25, 0.3) is 0 Å². The fraction of sp³-hybridized carbons (Fsp3) is 0.350. The summed E-state index contributed by atoms with van der Waals surface area (Å²) < 4.78 is 21.9. The molecule has 0 bridgehead atoms. The Morgan fingerprint density at radius 2 is 1.78 bits per heavy atom. The molecule has 7 heteroatoms. The van der Waals surface area contributed by atoms with Crippen LogP contribution in [0.15, 0.2) is 30.3 Å². The highest BCUT2D eigenvalue weighted by Gasteiger charge is 2.25. The molecule has 0 saturated carbocycles. The summed E-state index contributed by atoms with van der Waals surface area (Å²) >= 11 is 6.20. The number of fused-ring (bicyclic) bond motifs is 2. The van der Waals surface area contributed by atoms with Crippen molar-refractivity contribution in [2.24, 2.45) is 5.92 Å². The first-order valence-corrected chi connectivity index (χ1v) is 9.20. The first-order valence-electron chi connectivity index (χ1n) is 8.82. The molecule has 0 aliphatic carbocycles. The van der Waals surface area contributed by atoms with Gasteiger partial charge in [-0.1, -0.05) is 31.5 Å². The van der Waals surface area contributed by atoms with Gasteiger partial charge in [0.1, 0.15) is 13.2 Å². The maximum atomic E-state index is 12.9. The highest BCUT2D eigenvalue weighted by Crippen LogP contribution is 2.40. The number of hydrogen-bond donors (Lipinski definition) is 1. The quantitative estimate of drug-likeness (QED) is 0.857. The molecular weight excluding hydrogens is 370 g/mol. The van der Waals surface area contributed by atoms with Crippen molar-refractivity contribution in [3.05, 3.63) is 46.5 Å². The Bertz CT molecular complexity index is 883. The van der Waals surface area contributed by atoms with E-state index in [4.69, 9.17) is 30.5 Å². The molecule has 2 aliphatic rings. The van der Waals surface area contributed by atoms with E-state index in [0.29, 0.717) is 41.0 Å². The maximum Gasteiger partial charge on any atom is 0.251 e. The summed E-state index contributed by atoms with van der Waals surface area (Å²) in [6, 6.07) is 8.79. The second-order valence-electron chi connectivity index (χ2n) is 6.79. The molecule has 1 N–H and O–H groups in total. The van der Waals surface area contributed by atoms with Gasteiger partial charge in [-0.05, 0) is 35.7 Å². The Labute approximate surface area is 162 Å². The zero-order chi connectivity index (χ0) is 19.0. The largest absolute Gasteiger partial charge is 0.486 e. The number of benzene rings is 2. The van der Waals surface area contributed by atoms with Crippen molar-refractivity contribution in [3.63, 3.8) is 0 Å². The minimum atomic E-state index is -0.233. The fourth-order valence-electron chi connectivity index (χ4n) is 3.21. The summed E-state index contributed by atoms with van der Waals surface area (Å²) in [6.07, 6.45) is 0. The molecule has 1 amide bonds. The van der Waals surface area contributed by atoms with E-state index in [1.165, 1.54) is 0 Å². The second kappa shape index (κ2) is 7.19. The Morgan fingerprint density at radius 1 is 1.00 bits per heavy atom. The van der Waals surface area contributed by atoms with E-state index in [1.54, 1.807) is 12.1 Å². The number of amides is 1. The van der Waals surface area contributed by atoms with Crippen molar-refractivity contribution < 1.29 is 23.7 Å². The predicted molar refractivity (Wildman–Crippen MR) is 100 cm³/mol. The summed E-state index contributed by atoms with van der Waals surface area (Å²) in [5.74, 6) is 2.31. The fourth-order valence-corrected chi connectivity index (χ4v) is 3.48. The lowest BCUT2D eigenvalue weighted by molar-refractivity contribution is 0.0925. The first kappa shape index (κ1) is 17.8. The Balaban J connectivity index is 1.59. The van der Waals surface area contributed by atoms with Crippen molar-refractivity contribution in [1.82, 2.24) is 5.32 Å². The third-order valence-electron chi connectivity index (χ3n) is 4.57. The van der Waals surface area contributed by atoms with E-state index >= 15 is 0 Å². The van der Waals surface area contributed by atoms with Crippen LogP contribution in [0.2, 0.25) is 5.02 Å². The normalized spacial score (nSPS) is 15.6. The average Bonchev–Trinajstić information content (AvgIpc) is 3.14. The molecule has 2 heterocycles. The number of ether oxygens (including phenoxy) is 4. The van der Waals surface area contributed by atoms with Crippen molar-refractivity contribution in [2.75, 3.05) is 20.0 Å². The molecule has 1 atom stereocenters. The van der Waals surface area contributed by atoms with E-state index in [9.17, 15) is 4.79 Å². The highest BCUT2D eigenvalue weighted by molar-refractivity contribution is 6.32. The van der Waals surface area contributed by atoms with Crippen molar-refractivity contribution >= 4 is 17.5 Å². The van der Waals surface area contributed by atoms with Crippen LogP contribution in [0.3, 0.4) is 0 Å². The lowest BCUT2D eigenvalue weighted by atomic mass is 9.95. The minimum absolute atomic E-state index is 0.103. The Kier molecular flexibility index (Phi) is 4.74. The van der Waals surface area contributed by atoms with Crippen LogP contribution in [0, 0.1) is 5.92 Å². The van der Waals surface area contributed by atoms with Gasteiger partial charge in [-0.25, -0.2) is 0 Å². The molecule has 6 nitrogen and oxygen atoms in total. The van der Waals surface area contributed by atoms with Gasteiger partial charge in [0.05, 0.1) is 11.1 Å². The number of hydrogen-bond acceptors (Lipinski definition) is 5. The van der Waals surface area contributed by atoms with Gasteiger partial charge in [0.15, 0.2) is 23.0 Å². The van der Waals surface area contributed by atoms with E-state index in [0.717, 1.165) is 11.3 Å². The summed E-state index contributed by atoms with van der Waals surface area (Å²) in [5, 5.41) is 3.44. The average molecular weight is 390 g/mol. The minimum Gasteiger partial charge on any atom is -0.486 e. The molecule has 0 fully saturated rings. The van der Waals surface area contributed by atoms with Crippen LogP contribution in [0.1, 0.15) is 35.8 Å². The zero-order valence-electron chi connectivity index (χ0n) is 15.1. The van der Waals surface area contributed by atoms with Crippen LogP contribution < -0.4 is 24.3 Å². The van der Waals surface area contributed by atoms with Gasteiger partial charge in [0.2, 0.25) is 6.79 Å². The Morgan fingerprint density at radius 3 is 2.56 bits per heavy atom. The molecule has 0 saturated heterocycles. The number of carbonyl (C=O) groups is 1. The second-order valence-corrected chi connectivity index (χ2v) is 7.20. The van der Waals surface area contributed by atoms with E-state index in [2.05, 4.69) is 5.32 Å². The van der Waals surface area contributed by atoms with E-state index in [-0.39, 0.29) is 24.7 Å². The molecule has 4 rings (SSSR count). The molecule has 0 unspecified atom stereocenters. The smallest absolute Gasteiger partial charge is 0.251 e. The standard InChI is InChI=1S/C20H20ClNO5/c1-11(2)18(12-3-4-15-16(8-12)25-6-5-24-15)22-20(23)13-7-14(21)19-17(9-13)26-10-27-19/h3-4,7-9,11,18H,5-6,10H2,1-2H3,(H,22,23)/t18-/m1/s1. The van der Waals surface area contributed by atoms with Gasteiger partial charge in [0.25, 0.3) is 5.91 Å². The molecule has 2 aromatic rings. The highest BCUT2D eigenvalue weighted by atomic mass is 35.5. The number of nitrogens with one attached hydrogen (secondary N) is 1. The first-order chi connectivity index (χ1) is 13.0. The monoisotopic (exact) mass is 389 g/mol. The summed E-state index contributed by atoms with van der Waals surface area (Å²) in [5.41, 5.74) is 1.38. The Hall–Kier alpha value is -2.60. The summed E-state index contributed by atoms with van der Waals surface area (Å²) in [7, 11) is 0.